The molecular formula is C12H13BrF3NO4S. The van der Waals surface area contributed by atoms with Gasteiger partial charge in [0.1, 0.15) is 22.9 Å². The average Bonchev–Trinajstić information content (AvgIpc) is 2.32. The number of nitrogens with one attached hydrogen (secondary N) is 1. The van der Waals surface area contributed by atoms with Gasteiger partial charge in [-0.3, -0.25) is 4.79 Å². The van der Waals surface area contributed by atoms with Gasteiger partial charge in [-0.25, -0.2) is 21.6 Å². The van der Waals surface area contributed by atoms with E-state index in [0.717, 1.165) is 0 Å². The summed E-state index contributed by atoms with van der Waals surface area (Å²) < 4.78 is 69.8. The normalized spacial score (nSPS) is 12.3. The summed E-state index contributed by atoms with van der Waals surface area (Å²) in [5.41, 5.74) is -0.848. The first-order chi connectivity index (χ1) is 9.85. The van der Waals surface area contributed by atoms with E-state index in [9.17, 15) is 26.4 Å². The van der Waals surface area contributed by atoms with Crippen molar-refractivity contribution in [1.29, 1.82) is 0 Å². The van der Waals surface area contributed by atoms with Gasteiger partial charge in [-0.1, -0.05) is 0 Å². The van der Waals surface area contributed by atoms with Crippen LogP contribution in [0, 0.1) is 17.5 Å². The van der Waals surface area contributed by atoms with Crippen molar-refractivity contribution in [3.63, 3.8) is 0 Å². The molecule has 5 nitrogen and oxygen atoms in total. The van der Waals surface area contributed by atoms with Gasteiger partial charge < -0.3 is 4.74 Å². The second kappa shape index (κ2) is 6.55. The topological polar surface area (TPSA) is 72.5 Å². The van der Waals surface area contributed by atoms with Crippen molar-refractivity contribution in [2.75, 3.05) is 6.54 Å². The molecule has 0 radical (unpaired) electrons. The fourth-order valence-electron chi connectivity index (χ4n) is 1.39. The van der Waals surface area contributed by atoms with E-state index in [1.165, 1.54) is 0 Å². The number of halogens is 4. The molecule has 0 saturated carbocycles. The van der Waals surface area contributed by atoms with Crippen molar-refractivity contribution < 1.29 is 31.1 Å². The maximum Gasteiger partial charge on any atom is 0.321 e. The molecule has 124 valence electrons. The second-order valence-corrected chi connectivity index (χ2v) is 7.71. The summed E-state index contributed by atoms with van der Waals surface area (Å²) in [6.07, 6.45) is 0. The molecule has 0 unspecified atom stereocenters. The third-order valence-corrected chi connectivity index (χ3v) is 4.65. The van der Waals surface area contributed by atoms with Gasteiger partial charge in [0, 0.05) is 6.07 Å². The number of sulfonamides is 1. The zero-order valence-corrected chi connectivity index (χ0v) is 14.2. The van der Waals surface area contributed by atoms with Crippen LogP contribution in [-0.2, 0) is 19.6 Å². The predicted octanol–water partition coefficient (Wildman–Crippen LogP) is 2.49. The molecule has 1 rings (SSSR count). The van der Waals surface area contributed by atoms with E-state index < -0.39 is 55.0 Å². The summed E-state index contributed by atoms with van der Waals surface area (Å²) in [7, 11) is -4.67. The smallest absolute Gasteiger partial charge is 0.321 e. The number of rotatable bonds is 4. The van der Waals surface area contributed by atoms with Crippen molar-refractivity contribution in [1.82, 2.24) is 4.72 Å². The van der Waals surface area contributed by atoms with Crippen molar-refractivity contribution in [2.24, 2.45) is 0 Å². The molecule has 0 aliphatic rings. The summed E-state index contributed by atoms with van der Waals surface area (Å²) in [6, 6.07) is 0.201. The lowest BCUT2D eigenvalue weighted by molar-refractivity contribution is -0.153. The Labute approximate surface area is 134 Å². The van der Waals surface area contributed by atoms with Crippen LogP contribution in [0.15, 0.2) is 15.4 Å². The molecule has 0 atom stereocenters. The molecule has 1 N–H and O–H groups in total. The lowest BCUT2D eigenvalue weighted by Gasteiger charge is -2.19. The first-order valence-electron chi connectivity index (χ1n) is 5.89. The zero-order valence-electron chi connectivity index (χ0n) is 11.8. The maximum atomic E-state index is 13.6. The number of carbonyl (C=O) groups is 1. The van der Waals surface area contributed by atoms with Crippen LogP contribution in [0.4, 0.5) is 13.2 Å². The average molecular weight is 404 g/mol. The van der Waals surface area contributed by atoms with E-state index in [0.29, 0.717) is 0 Å². The summed E-state index contributed by atoms with van der Waals surface area (Å²) in [5.74, 6) is -5.65. The van der Waals surface area contributed by atoms with Gasteiger partial charge in [-0.05, 0) is 36.7 Å². The molecule has 0 heterocycles. The summed E-state index contributed by atoms with van der Waals surface area (Å²) in [6.45, 7) is 3.89. The van der Waals surface area contributed by atoms with E-state index in [-0.39, 0.29) is 6.07 Å². The maximum absolute atomic E-state index is 13.6. The number of carbonyl (C=O) groups excluding carboxylic acids is 1. The van der Waals surface area contributed by atoms with Crippen LogP contribution < -0.4 is 4.72 Å². The Balaban J connectivity index is 3.05. The monoisotopic (exact) mass is 403 g/mol. The van der Waals surface area contributed by atoms with Gasteiger partial charge in [0.2, 0.25) is 10.0 Å². The quantitative estimate of drug-likeness (QED) is 0.619. The van der Waals surface area contributed by atoms with E-state index in [4.69, 9.17) is 4.74 Å². The van der Waals surface area contributed by atoms with E-state index in [2.05, 4.69) is 15.9 Å². The van der Waals surface area contributed by atoms with Gasteiger partial charge in [0.25, 0.3) is 0 Å². The van der Waals surface area contributed by atoms with Gasteiger partial charge in [-0.2, -0.15) is 4.72 Å². The number of hydrogen-bond donors (Lipinski definition) is 1. The van der Waals surface area contributed by atoms with Crippen LogP contribution >= 0.6 is 15.9 Å². The lowest BCUT2D eigenvalue weighted by atomic mass is 10.2. The zero-order chi connectivity index (χ0) is 17.3. The minimum atomic E-state index is -4.67. The van der Waals surface area contributed by atoms with E-state index in [1.54, 1.807) is 25.5 Å². The molecule has 0 aromatic heterocycles. The van der Waals surface area contributed by atoms with Crippen molar-refractivity contribution >= 4 is 31.9 Å². The molecule has 1 aromatic carbocycles. The van der Waals surface area contributed by atoms with Crippen molar-refractivity contribution in [3.8, 4) is 0 Å². The van der Waals surface area contributed by atoms with Crippen LogP contribution in [0.3, 0.4) is 0 Å². The SMILES string of the molecule is CC(C)(C)OC(=O)CNS(=O)(=O)c1c(F)c(F)cc(F)c1Br. The third kappa shape index (κ3) is 4.68. The molecule has 0 aliphatic heterocycles. The summed E-state index contributed by atoms with van der Waals surface area (Å²) in [5, 5.41) is 0. The highest BCUT2D eigenvalue weighted by atomic mass is 79.9. The van der Waals surface area contributed by atoms with Gasteiger partial charge in [0.15, 0.2) is 11.6 Å². The van der Waals surface area contributed by atoms with Crippen molar-refractivity contribution in [2.45, 2.75) is 31.3 Å². The Bertz CT molecular complexity index is 675. The van der Waals surface area contributed by atoms with Gasteiger partial charge in [-0.15, -0.1) is 0 Å². The van der Waals surface area contributed by atoms with Crippen LogP contribution in [0.25, 0.3) is 0 Å². The van der Waals surface area contributed by atoms with Crippen LogP contribution in [0.5, 0.6) is 0 Å². The number of ether oxygens (including phenoxy) is 1. The highest BCUT2D eigenvalue weighted by Gasteiger charge is 2.29. The van der Waals surface area contributed by atoms with E-state index in [1.807, 2.05) is 0 Å². The van der Waals surface area contributed by atoms with Crippen LogP contribution in [-0.4, -0.2) is 26.5 Å². The molecule has 0 fully saturated rings. The van der Waals surface area contributed by atoms with Crippen molar-refractivity contribution in [3.05, 3.63) is 28.0 Å². The molecule has 0 spiro atoms. The van der Waals surface area contributed by atoms with E-state index >= 15 is 0 Å². The third-order valence-electron chi connectivity index (χ3n) is 2.17. The highest BCUT2D eigenvalue weighted by molar-refractivity contribution is 9.10. The Morgan fingerprint density at radius 3 is 2.32 bits per heavy atom. The van der Waals surface area contributed by atoms with Crippen LogP contribution in [0.1, 0.15) is 20.8 Å². The first-order valence-corrected chi connectivity index (χ1v) is 8.17. The fraction of sp³-hybridized carbons (Fsp3) is 0.417. The Morgan fingerprint density at radius 1 is 1.27 bits per heavy atom. The molecule has 0 saturated heterocycles. The summed E-state index contributed by atoms with van der Waals surface area (Å²) in [4.78, 5) is 10.2. The van der Waals surface area contributed by atoms with Crippen LogP contribution in [0.2, 0.25) is 0 Å². The standard InChI is InChI=1S/C12H13BrF3NO4S/c1-12(2,3)21-8(18)5-17-22(19,20)11-9(13)6(14)4-7(15)10(11)16/h4,17H,5H2,1-3H3. The van der Waals surface area contributed by atoms with Gasteiger partial charge in [0.05, 0.1) is 4.47 Å². The highest BCUT2D eigenvalue weighted by Crippen LogP contribution is 2.29. The Hall–Kier alpha value is -1.13. The number of hydrogen-bond acceptors (Lipinski definition) is 4. The fourth-order valence-corrected chi connectivity index (χ4v) is 3.44. The minimum absolute atomic E-state index is 0.201. The lowest BCUT2D eigenvalue weighted by Crippen LogP contribution is -2.35. The molecule has 0 amide bonds. The molecule has 22 heavy (non-hydrogen) atoms. The molecule has 0 bridgehead atoms. The first kappa shape index (κ1) is 18.9. The number of esters is 1. The molecular weight excluding hydrogens is 391 g/mol. The summed E-state index contributed by atoms with van der Waals surface area (Å²) >= 11 is 2.54. The number of benzene rings is 1. The predicted molar refractivity (Wildman–Crippen MR) is 75.0 cm³/mol. The second-order valence-electron chi connectivity index (χ2n) is 5.21. The Kier molecular flexibility index (Phi) is 5.63. The molecule has 1 aromatic rings. The Morgan fingerprint density at radius 2 is 1.82 bits per heavy atom. The largest absolute Gasteiger partial charge is 0.459 e. The minimum Gasteiger partial charge on any atom is -0.459 e. The molecule has 10 heteroatoms. The van der Waals surface area contributed by atoms with Gasteiger partial charge >= 0.3 is 5.97 Å². The molecule has 0 aliphatic carbocycles.